The van der Waals surface area contributed by atoms with E-state index in [0.717, 1.165) is 34.2 Å². The van der Waals surface area contributed by atoms with Crippen molar-refractivity contribution < 1.29 is 10.2 Å². The second kappa shape index (κ2) is 6.79. The molecule has 0 spiro atoms. The summed E-state index contributed by atoms with van der Waals surface area (Å²) >= 11 is 0. The zero-order valence-corrected chi connectivity index (χ0v) is 14.0. The molecule has 0 amide bonds. The molecule has 0 heterocycles. The molecule has 122 valence electrons. The molecule has 3 aromatic rings. The van der Waals surface area contributed by atoms with Crippen molar-refractivity contribution in [3.05, 3.63) is 72.3 Å². The first-order chi connectivity index (χ1) is 11.6. The molecule has 2 N–H and O–H groups in total. The third-order valence-corrected chi connectivity index (χ3v) is 4.59. The summed E-state index contributed by atoms with van der Waals surface area (Å²) in [5.74, 6) is 0.979. The summed E-state index contributed by atoms with van der Waals surface area (Å²) in [4.78, 5) is 0. The topological polar surface area (TPSA) is 40.5 Å². The van der Waals surface area contributed by atoms with Gasteiger partial charge in [-0.15, -0.1) is 0 Å². The Labute approximate surface area is 143 Å². The van der Waals surface area contributed by atoms with Crippen LogP contribution in [-0.4, -0.2) is 10.2 Å². The molecule has 0 aromatic heterocycles. The minimum absolute atomic E-state index is 0.275. The smallest absolute Gasteiger partial charge is 0.119 e. The molecule has 0 bridgehead atoms. The predicted molar refractivity (Wildman–Crippen MR) is 99.3 cm³/mol. The predicted octanol–water partition coefficient (Wildman–Crippen LogP) is 5.95. The van der Waals surface area contributed by atoms with Crippen molar-refractivity contribution in [1.82, 2.24) is 0 Å². The van der Waals surface area contributed by atoms with Crippen LogP contribution in [0.5, 0.6) is 11.5 Å². The van der Waals surface area contributed by atoms with Gasteiger partial charge in [-0.25, -0.2) is 0 Å². The van der Waals surface area contributed by atoms with Gasteiger partial charge in [0.1, 0.15) is 11.5 Å². The fraction of sp³-hybridized carbons (Fsp3) is 0.182. The maximum absolute atomic E-state index is 10.1. The van der Waals surface area contributed by atoms with E-state index in [4.69, 9.17) is 0 Å². The fourth-order valence-electron chi connectivity index (χ4n) is 2.86. The summed E-state index contributed by atoms with van der Waals surface area (Å²) in [6, 6.07) is 21.4. The molecule has 0 aliphatic heterocycles. The number of hydrogen-bond acceptors (Lipinski definition) is 2. The van der Waals surface area contributed by atoms with Crippen LogP contribution in [0.3, 0.4) is 0 Å². The first-order valence-corrected chi connectivity index (χ1v) is 8.31. The van der Waals surface area contributed by atoms with Crippen molar-refractivity contribution in [2.75, 3.05) is 0 Å². The lowest BCUT2D eigenvalue weighted by molar-refractivity contribution is 0.462. The van der Waals surface area contributed by atoms with Crippen molar-refractivity contribution in [3.63, 3.8) is 0 Å². The average molecular weight is 318 g/mol. The lowest BCUT2D eigenvalue weighted by Gasteiger charge is -2.13. The van der Waals surface area contributed by atoms with Crippen molar-refractivity contribution in [3.8, 4) is 33.8 Å². The molecule has 0 aliphatic carbocycles. The lowest BCUT2D eigenvalue weighted by Crippen LogP contribution is -1.93. The van der Waals surface area contributed by atoms with Gasteiger partial charge >= 0.3 is 0 Å². The maximum Gasteiger partial charge on any atom is 0.119 e. The summed E-state index contributed by atoms with van der Waals surface area (Å²) in [7, 11) is 0. The molecule has 2 nitrogen and oxygen atoms in total. The van der Waals surface area contributed by atoms with Crippen LogP contribution in [0, 0.1) is 0 Å². The largest absolute Gasteiger partial charge is 0.508 e. The van der Waals surface area contributed by atoms with Gasteiger partial charge in [-0.1, -0.05) is 56.3 Å². The summed E-state index contributed by atoms with van der Waals surface area (Å²) < 4.78 is 0. The SMILES string of the molecule is CCC(C)c1cc(-c2ccc(-c3ccc(O)cc3)cc2)ccc1O. The van der Waals surface area contributed by atoms with Crippen LogP contribution in [0.15, 0.2) is 66.7 Å². The van der Waals surface area contributed by atoms with E-state index in [1.807, 2.05) is 18.2 Å². The first-order valence-electron chi connectivity index (χ1n) is 8.31. The minimum Gasteiger partial charge on any atom is -0.508 e. The van der Waals surface area contributed by atoms with E-state index in [1.165, 1.54) is 0 Å². The molecular weight excluding hydrogens is 296 g/mol. The van der Waals surface area contributed by atoms with Crippen LogP contribution in [-0.2, 0) is 0 Å². The molecule has 0 aliphatic rings. The number of phenolic OH excluding ortho intramolecular Hbond substituents is 2. The van der Waals surface area contributed by atoms with Gasteiger partial charge in [0, 0.05) is 0 Å². The lowest BCUT2D eigenvalue weighted by atomic mass is 9.93. The van der Waals surface area contributed by atoms with Crippen LogP contribution in [0.4, 0.5) is 0 Å². The van der Waals surface area contributed by atoms with E-state index in [1.54, 1.807) is 18.2 Å². The standard InChI is InChI=1S/C22H22O2/c1-3-15(2)21-14-19(10-13-22(21)24)18-6-4-16(5-7-18)17-8-11-20(23)12-9-17/h4-15,23-24H,3H2,1-2H3. The Balaban J connectivity index is 1.92. The summed E-state index contributed by atoms with van der Waals surface area (Å²) in [5, 5.41) is 19.5. The van der Waals surface area contributed by atoms with E-state index in [2.05, 4.69) is 44.2 Å². The van der Waals surface area contributed by atoms with Crippen LogP contribution >= 0.6 is 0 Å². The third kappa shape index (κ3) is 3.28. The highest BCUT2D eigenvalue weighted by atomic mass is 16.3. The molecule has 2 heteroatoms. The van der Waals surface area contributed by atoms with Crippen molar-refractivity contribution in [1.29, 1.82) is 0 Å². The van der Waals surface area contributed by atoms with Gasteiger partial charge < -0.3 is 10.2 Å². The van der Waals surface area contributed by atoms with Crippen molar-refractivity contribution in [2.45, 2.75) is 26.2 Å². The van der Waals surface area contributed by atoms with Crippen molar-refractivity contribution in [2.24, 2.45) is 0 Å². The highest BCUT2D eigenvalue weighted by Crippen LogP contribution is 2.33. The second-order valence-corrected chi connectivity index (χ2v) is 6.21. The molecular formula is C22H22O2. The maximum atomic E-state index is 10.1. The Morgan fingerprint density at radius 2 is 1.17 bits per heavy atom. The van der Waals surface area contributed by atoms with Gasteiger partial charge in [0.15, 0.2) is 0 Å². The van der Waals surface area contributed by atoms with Gasteiger partial charge in [-0.3, -0.25) is 0 Å². The molecule has 0 fully saturated rings. The monoisotopic (exact) mass is 318 g/mol. The molecule has 1 atom stereocenters. The molecule has 0 saturated carbocycles. The highest BCUT2D eigenvalue weighted by molar-refractivity contribution is 5.71. The molecule has 1 unspecified atom stereocenters. The summed E-state index contributed by atoms with van der Waals surface area (Å²) in [6.45, 7) is 4.26. The van der Waals surface area contributed by atoms with Crippen molar-refractivity contribution >= 4 is 0 Å². The second-order valence-electron chi connectivity index (χ2n) is 6.21. The zero-order valence-electron chi connectivity index (χ0n) is 14.0. The van der Waals surface area contributed by atoms with Gasteiger partial charge in [0.2, 0.25) is 0 Å². The Morgan fingerprint density at radius 1 is 0.708 bits per heavy atom. The average Bonchev–Trinajstić information content (AvgIpc) is 2.62. The van der Waals surface area contributed by atoms with E-state index in [9.17, 15) is 10.2 Å². The van der Waals surface area contributed by atoms with Gasteiger partial charge in [-0.05, 0) is 64.4 Å². The number of rotatable bonds is 4. The Bertz CT molecular complexity index is 818. The van der Waals surface area contributed by atoms with E-state index in [-0.39, 0.29) is 5.75 Å². The van der Waals surface area contributed by atoms with Crippen LogP contribution in [0.2, 0.25) is 0 Å². The van der Waals surface area contributed by atoms with Crippen LogP contribution < -0.4 is 0 Å². The minimum atomic E-state index is 0.275. The van der Waals surface area contributed by atoms with E-state index >= 15 is 0 Å². The number of aromatic hydroxyl groups is 2. The summed E-state index contributed by atoms with van der Waals surface area (Å²) in [6.07, 6.45) is 0.997. The number of benzene rings is 3. The Hall–Kier alpha value is -2.74. The Morgan fingerprint density at radius 3 is 1.71 bits per heavy atom. The molecule has 3 rings (SSSR count). The quantitative estimate of drug-likeness (QED) is 0.624. The van der Waals surface area contributed by atoms with Gasteiger partial charge in [0.05, 0.1) is 0 Å². The molecule has 24 heavy (non-hydrogen) atoms. The number of phenols is 2. The first kappa shape index (κ1) is 16.1. The summed E-state index contributed by atoms with van der Waals surface area (Å²) in [5.41, 5.74) is 5.42. The van der Waals surface area contributed by atoms with Gasteiger partial charge in [0.25, 0.3) is 0 Å². The third-order valence-electron chi connectivity index (χ3n) is 4.59. The highest BCUT2D eigenvalue weighted by Gasteiger charge is 2.10. The fourth-order valence-corrected chi connectivity index (χ4v) is 2.86. The van der Waals surface area contributed by atoms with Crippen LogP contribution in [0.1, 0.15) is 31.7 Å². The van der Waals surface area contributed by atoms with E-state index in [0.29, 0.717) is 11.7 Å². The van der Waals surface area contributed by atoms with Crippen LogP contribution in [0.25, 0.3) is 22.3 Å². The zero-order chi connectivity index (χ0) is 17.1. The molecule has 0 radical (unpaired) electrons. The van der Waals surface area contributed by atoms with E-state index < -0.39 is 0 Å². The molecule has 0 saturated heterocycles. The normalized spacial score (nSPS) is 12.1. The Kier molecular flexibility index (Phi) is 4.57. The number of hydrogen-bond donors (Lipinski definition) is 2. The van der Waals surface area contributed by atoms with Gasteiger partial charge in [-0.2, -0.15) is 0 Å². The molecule has 3 aromatic carbocycles.